The standard InChI is InChI=1S/C10H15N3O4/c1-10(2,8(14)15)13(3)9(16)11-6-7-4-5-17-12-7/h4-5H,6H2,1-3H3,(H,11,16)(H,14,15). The Morgan fingerprint density at radius 1 is 1.59 bits per heavy atom. The molecule has 94 valence electrons. The molecule has 1 aromatic heterocycles. The Labute approximate surface area is 98.4 Å². The normalized spacial score (nSPS) is 11.0. The number of hydrogen-bond donors (Lipinski definition) is 2. The molecule has 0 spiro atoms. The Morgan fingerprint density at radius 2 is 2.24 bits per heavy atom. The lowest BCUT2D eigenvalue weighted by molar-refractivity contribution is -0.146. The summed E-state index contributed by atoms with van der Waals surface area (Å²) in [5, 5.41) is 15.1. The molecule has 1 rings (SSSR count). The zero-order chi connectivity index (χ0) is 13.1. The molecule has 0 saturated carbocycles. The molecular weight excluding hydrogens is 226 g/mol. The van der Waals surface area contributed by atoms with Crippen molar-refractivity contribution in [1.82, 2.24) is 15.4 Å². The number of likely N-dealkylation sites (N-methyl/N-ethyl adjacent to an activating group) is 1. The van der Waals surface area contributed by atoms with E-state index in [2.05, 4.69) is 15.0 Å². The van der Waals surface area contributed by atoms with Crippen LogP contribution in [0, 0.1) is 0 Å². The molecule has 2 amide bonds. The van der Waals surface area contributed by atoms with E-state index in [-0.39, 0.29) is 6.54 Å². The molecule has 0 saturated heterocycles. The van der Waals surface area contributed by atoms with Crippen molar-refractivity contribution in [3.8, 4) is 0 Å². The molecule has 1 heterocycles. The number of carbonyl (C=O) groups excluding carboxylic acids is 1. The molecule has 0 unspecified atom stereocenters. The number of hydrogen-bond acceptors (Lipinski definition) is 4. The highest BCUT2D eigenvalue weighted by Crippen LogP contribution is 2.12. The van der Waals surface area contributed by atoms with E-state index in [0.717, 1.165) is 4.90 Å². The second-order valence-electron chi connectivity index (χ2n) is 4.07. The van der Waals surface area contributed by atoms with Crippen LogP contribution in [0.5, 0.6) is 0 Å². The first kappa shape index (κ1) is 13.0. The van der Waals surface area contributed by atoms with Crippen LogP contribution in [-0.2, 0) is 11.3 Å². The summed E-state index contributed by atoms with van der Waals surface area (Å²) < 4.78 is 4.60. The molecule has 0 aromatic carbocycles. The van der Waals surface area contributed by atoms with E-state index in [1.54, 1.807) is 6.07 Å². The molecule has 7 heteroatoms. The SMILES string of the molecule is CN(C(=O)NCc1ccon1)C(C)(C)C(=O)O. The summed E-state index contributed by atoms with van der Waals surface area (Å²) in [5.74, 6) is -1.07. The van der Waals surface area contributed by atoms with E-state index in [0.29, 0.717) is 5.69 Å². The van der Waals surface area contributed by atoms with Crippen molar-refractivity contribution in [3.05, 3.63) is 18.0 Å². The van der Waals surface area contributed by atoms with Gasteiger partial charge in [-0.15, -0.1) is 0 Å². The summed E-state index contributed by atoms with van der Waals surface area (Å²) in [6.07, 6.45) is 1.40. The molecule has 0 aliphatic carbocycles. The lowest BCUT2D eigenvalue weighted by Gasteiger charge is -2.31. The van der Waals surface area contributed by atoms with Crippen LogP contribution in [-0.4, -0.2) is 39.8 Å². The van der Waals surface area contributed by atoms with Gasteiger partial charge in [-0.25, -0.2) is 9.59 Å². The fourth-order valence-corrected chi connectivity index (χ4v) is 1.01. The van der Waals surface area contributed by atoms with E-state index < -0.39 is 17.5 Å². The fraction of sp³-hybridized carbons (Fsp3) is 0.500. The first-order chi connectivity index (χ1) is 7.85. The maximum atomic E-state index is 11.7. The first-order valence-corrected chi connectivity index (χ1v) is 5.00. The van der Waals surface area contributed by atoms with Crippen molar-refractivity contribution in [3.63, 3.8) is 0 Å². The Hall–Kier alpha value is -2.05. The molecule has 0 atom stereocenters. The van der Waals surface area contributed by atoms with E-state index in [1.807, 2.05) is 0 Å². The van der Waals surface area contributed by atoms with Gasteiger partial charge in [0.2, 0.25) is 0 Å². The summed E-state index contributed by atoms with van der Waals surface area (Å²) in [6.45, 7) is 3.09. The monoisotopic (exact) mass is 241 g/mol. The van der Waals surface area contributed by atoms with Gasteiger partial charge in [0.05, 0.1) is 6.54 Å². The number of carboxylic acid groups (broad SMARTS) is 1. The molecule has 0 bridgehead atoms. The van der Waals surface area contributed by atoms with Crippen molar-refractivity contribution in [1.29, 1.82) is 0 Å². The summed E-state index contributed by atoms with van der Waals surface area (Å²) in [5.41, 5.74) is -0.701. The highest BCUT2D eigenvalue weighted by molar-refractivity contribution is 5.85. The number of carbonyl (C=O) groups is 2. The molecule has 17 heavy (non-hydrogen) atoms. The van der Waals surface area contributed by atoms with Crippen LogP contribution in [0.1, 0.15) is 19.5 Å². The van der Waals surface area contributed by atoms with Crippen LogP contribution in [0.4, 0.5) is 4.79 Å². The zero-order valence-electron chi connectivity index (χ0n) is 9.93. The third kappa shape index (κ3) is 2.96. The number of carboxylic acids is 1. The van der Waals surface area contributed by atoms with Crippen molar-refractivity contribution in [2.24, 2.45) is 0 Å². The van der Waals surface area contributed by atoms with Crippen LogP contribution < -0.4 is 5.32 Å². The summed E-state index contributed by atoms with van der Waals surface area (Å²) >= 11 is 0. The minimum absolute atomic E-state index is 0.190. The van der Waals surface area contributed by atoms with Gasteiger partial charge in [-0.05, 0) is 13.8 Å². The van der Waals surface area contributed by atoms with E-state index >= 15 is 0 Å². The summed E-state index contributed by atoms with van der Waals surface area (Å²) in [7, 11) is 1.42. The maximum Gasteiger partial charge on any atom is 0.329 e. The van der Waals surface area contributed by atoms with Crippen molar-refractivity contribution < 1.29 is 19.2 Å². The van der Waals surface area contributed by atoms with Crippen LogP contribution in [0.25, 0.3) is 0 Å². The van der Waals surface area contributed by atoms with Crippen molar-refractivity contribution in [2.75, 3.05) is 7.05 Å². The predicted molar refractivity (Wildman–Crippen MR) is 58.2 cm³/mol. The van der Waals surface area contributed by atoms with Gasteiger partial charge < -0.3 is 19.8 Å². The number of aliphatic carboxylic acids is 1. The quantitative estimate of drug-likeness (QED) is 0.808. The second-order valence-corrected chi connectivity index (χ2v) is 4.07. The molecule has 7 nitrogen and oxygen atoms in total. The maximum absolute atomic E-state index is 11.7. The lowest BCUT2D eigenvalue weighted by atomic mass is 10.1. The van der Waals surface area contributed by atoms with Crippen LogP contribution in [0.2, 0.25) is 0 Å². The number of urea groups is 1. The summed E-state index contributed by atoms with van der Waals surface area (Å²) in [4.78, 5) is 23.8. The van der Waals surface area contributed by atoms with Crippen molar-refractivity contribution >= 4 is 12.0 Å². The highest BCUT2D eigenvalue weighted by Gasteiger charge is 2.35. The molecule has 1 aromatic rings. The molecule has 0 aliphatic heterocycles. The zero-order valence-corrected chi connectivity index (χ0v) is 9.93. The first-order valence-electron chi connectivity index (χ1n) is 5.00. The number of rotatable bonds is 4. The van der Waals surface area contributed by atoms with E-state index in [4.69, 9.17) is 5.11 Å². The van der Waals surface area contributed by atoms with Gasteiger partial charge in [-0.3, -0.25) is 0 Å². The smallest absolute Gasteiger partial charge is 0.329 e. The van der Waals surface area contributed by atoms with Gasteiger partial charge in [0, 0.05) is 13.1 Å². The van der Waals surface area contributed by atoms with Gasteiger partial charge in [-0.2, -0.15) is 0 Å². The average molecular weight is 241 g/mol. The van der Waals surface area contributed by atoms with Crippen LogP contribution >= 0.6 is 0 Å². The van der Waals surface area contributed by atoms with E-state index in [1.165, 1.54) is 27.2 Å². The third-order valence-corrected chi connectivity index (χ3v) is 2.58. The number of aromatic nitrogens is 1. The topological polar surface area (TPSA) is 95.7 Å². The number of nitrogens with zero attached hydrogens (tertiary/aromatic N) is 2. The van der Waals surface area contributed by atoms with Gasteiger partial charge in [0.15, 0.2) is 0 Å². The van der Waals surface area contributed by atoms with Gasteiger partial charge in [0.25, 0.3) is 0 Å². The minimum Gasteiger partial charge on any atom is -0.480 e. The largest absolute Gasteiger partial charge is 0.480 e. The average Bonchev–Trinajstić information content (AvgIpc) is 2.77. The van der Waals surface area contributed by atoms with E-state index in [9.17, 15) is 9.59 Å². The summed E-state index contributed by atoms with van der Waals surface area (Å²) in [6, 6.07) is 1.13. The Balaban J connectivity index is 2.56. The lowest BCUT2D eigenvalue weighted by Crippen LogP contribution is -2.53. The Morgan fingerprint density at radius 3 is 2.71 bits per heavy atom. The third-order valence-electron chi connectivity index (χ3n) is 2.58. The van der Waals surface area contributed by atoms with Crippen molar-refractivity contribution in [2.45, 2.75) is 25.9 Å². The predicted octanol–water partition coefficient (Wildman–Crippen LogP) is 0.679. The van der Waals surface area contributed by atoms with Gasteiger partial charge in [0.1, 0.15) is 17.5 Å². The molecule has 0 fully saturated rings. The minimum atomic E-state index is -1.27. The molecule has 0 aliphatic rings. The number of nitrogens with one attached hydrogen (secondary N) is 1. The van der Waals surface area contributed by atoms with Crippen LogP contribution in [0.3, 0.4) is 0 Å². The highest BCUT2D eigenvalue weighted by atomic mass is 16.5. The van der Waals surface area contributed by atoms with Gasteiger partial charge >= 0.3 is 12.0 Å². The van der Waals surface area contributed by atoms with Crippen LogP contribution in [0.15, 0.2) is 16.9 Å². The Bertz CT molecular complexity index is 400. The molecule has 0 radical (unpaired) electrons. The molecular formula is C10H15N3O4. The molecule has 2 N–H and O–H groups in total. The second kappa shape index (κ2) is 4.86. The fourth-order valence-electron chi connectivity index (χ4n) is 1.01. The Kier molecular flexibility index (Phi) is 3.72. The van der Waals surface area contributed by atoms with Gasteiger partial charge in [-0.1, -0.05) is 5.16 Å². The number of amides is 2.